The fraction of sp³-hybridized carbons (Fsp3) is 0.926. The number of amides is 1. The summed E-state index contributed by atoms with van der Waals surface area (Å²) in [5, 5.41) is 23.3. The van der Waals surface area contributed by atoms with Crippen molar-refractivity contribution in [3.8, 4) is 0 Å². The number of carbonyl (C=O) groups is 2. The Hall–Kier alpha value is -1.66. The smallest absolute Gasteiger partial charge is 0.305 e. The zero-order valence-electron chi connectivity index (χ0n) is 59.3. The predicted molar refractivity (Wildman–Crippen MR) is 384 cm³/mol. The lowest BCUT2D eigenvalue weighted by Gasteiger charge is -2.20. The van der Waals surface area contributed by atoms with E-state index in [2.05, 4.69) is 31.3 Å². The van der Waals surface area contributed by atoms with Gasteiger partial charge in [0.15, 0.2) is 0 Å². The van der Waals surface area contributed by atoms with E-state index in [-0.39, 0.29) is 18.5 Å². The predicted octanol–water partition coefficient (Wildman–Crippen LogP) is 26.4. The first-order valence-corrected chi connectivity index (χ1v) is 40.1. The molecule has 516 valence electrons. The molecule has 0 spiro atoms. The highest BCUT2D eigenvalue weighted by Gasteiger charge is 2.18. The molecule has 2 atom stereocenters. The van der Waals surface area contributed by atoms with Gasteiger partial charge in [0.25, 0.3) is 0 Å². The van der Waals surface area contributed by atoms with E-state index < -0.39 is 12.1 Å². The number of nitrogens with one attached hydrogen (secondary N) is 1. The maximum absolute atomic E-state index is 12.5. The average molecular weight is 1230 g/mol. The van der Waals surface area contributed by atoms with Crippen LogP contribution in [0.5, 0.6) is 0 Å². The first-order chi connectivity index (χ1) is 43.0. The minimum Gasteiger partial charge on any atom is -0.466 e. The quantitative estimate of drug-likeness (QED) is 0.0320. The van der Waals surface area contributed by atoms with Crippen LogP contribution in [0.15, 0.2) is 24.3 Å². The first-order valence-electron chi connectivity index (χ1n) is 40.1. The van der Waals surface area contributed by atoms with Crippen molar-refractivity contribution in [2.24, 2.45) is 0 Å². The first kappa shape index (κ1) is 85.3. The summed E-state index contributed by atoms with van der Waals surface area (Å²) < 4.78 is 5.51. The zero-order chi connectivity index (χ0) is 62.8. The van der Waals surface area contributed by atoms with Crippen LogP contribution < -0.4 is 5.32 Å². The second kappa shape index (κ2) is 76.8. The molecule has 0 saturated heterocycles. The summed E-state index contributed by atoms with van der Waals surface area (Å²) in [5.74, 6) is -0.0358. The van der Waals surface area contributed by atoms with E-state index in [1.807, 2.05) is 6.08 Å². The Bertz CT molecular complexity index is 1360. The Morgan fingerprint density at radius 2 is 0.540 bits per heavy atom. The minimum absolute atomic E-state index is 0.0239. The second-order valence-corrected chi connectivity index (χ2v) is 27.8. The maximum Gasteiger partial charge on any atom is 0.305 e. The van der Waals surface area contributed by atoms with Crippen LogP contribution in [-0.2, 0) is 14.3 Å². The van der Waals surface area contributed by atoms with Crippen molar-refractivity contribution in [1.82, 2.24) is 5.32 Å². The summed E-state index contributed by atoms with van der Waals surface area (Å²) in [6, 6.07) is -0.626. The number of allylic oxidation sites excluding steroid dienone is 3. The molecular weight excluding hydrogens is 1070 g/mol. The molecule has 0 radical (unpaired) electrons. The van der Waals surface area contributed by atoms with Crippen LogP contribution in [0.3, 0.4) is 0 Å². The number of esters is 1. The normalized spacial score (nSPS) is 12.6. The third-order valence-electron chi connectivity index (χ3n) is 19.0. The molecule has 0 aromatic rings. The molecule has 0 fully saturated rings. The highest BCUT2D eigenvalue weighted by atomic mass is 16.5. The molecule has 0 saturated carbocycles. The fourth-order valence-corrected chi connectivity index (χ4v) is 12.9. The van der Waals surface area contributed by atoms with Gasteiger partial charge in [0.05, 0.1) is 25.4 Å². The molecule has 6 heteroatoms. The van der Waals surface area contributed by atoms with E-state index >= 15 is 0 Å². The summed E-state index contributed by atoms with van der Waals surface area (Å²) in [6.45, 7) is 4.96. The number of rotatable bonds is 76. The van der Waals surface area contributed by atoms with Crippen LogP contribution in [0.2, 0.25) is 0 Å². The van der Waals surface area contributed by atoms with Crippen molar-refractivity contribution >= 4 is 11.9 Å². The standard InChI is InChI=1S/C81H157NO5/c1-3-5-7-9-11-13-15-17-19-20-21-39-42-46-49-53-57-61-65-69-73-79(84)78(77-83)82-80(85)74-70-66-62-58-54-50-47-43-40-37-35-33-31-29-27-25-23-22-24-26-28-30-32-34-36-38-41-44-48-52-56-60-64-68-72-76-87-81(86)75-71-67-63-59-55-51-45-18-16-14-12-10-8-6-4-2/h24,26,69,73,78-79,83-84H,3-23,25,27-68,70-72,74-77H2,1-2H3,(H,82,85)/b26-24-,73-69+. The molecule has 2 unspecified atom stereocenters. The molecule has 0 aliphatic carbocycles. The van der Waals surface area contributed by atoms with Gasteiger partial charge in [-0.25, -0.2) is 0 Å². The second-order valence-electron chi connectivity index (χ2n) is 27.8. The van der Waals surface area contributed by atoms with Gasteiger partial charge in [-0.2, -0.15) is 0 Å². The lowest BCUT2D eigenvalue weighted by atomic mass is 10.0. The molecule has 0 aliphatic rings. The number of hydrogen-bond donors (Lipinski definition) is 3. The monoisotopic (exact) mass is 1220 g/mol. The van der Waals surface area contributed by atoms with Crippen LogP contribution in [0.25, 0.3) is 0 Å². The summed E-state index contributed by atoms with van der Waals surface area (Å²) in [7, 11) is 0. The topological polar surface area (TPSA) is 95.9 Å². The van der Waals surface area contributed by atoms with Crippen LogP contribution >= 0.6 is 0 Å². The molecule has 0 rings (SSSR count). The minimum atomic E-state index is -0.843. The van der Waals surface area contributed by atoms with Crippen LogP contribution in [0.1, 0.15) is 457 Å². The lowest BCUT2D eigenvalue weighted by molar-refractivity contribution is -0.143. The highest BCUT2D eigenvalue weighted by molar-refractivity contribution is 5.76. The molecule has 0 aliphatic heterocycles. The molecule has 0 bridgehead atoms. The molecule has 0 heterocycles. The van der Waals surface area contributed by atoms with Crippen molar-refractivity contribution in [2.45, 2.75) is 469 Å². The number of aliphatic hydroxyl groups is 2. The van der Waals surface area contributed by atoms with Gasteiger partial charge < -0.3 is 20.3 Å². The van der Waals surface area contributed by atoms with E-state index in [1.54, 1.807) is 6.08 Å². The number of ether oxygens (including phenoxy) is 1. The van der Waals surface area contributed by atoms with Gasteiger partial charge in [-0.05, 0) is 57.8 Å². The van der Waals surface area contributed by atoms with Crippen LogP contribution in [0.4, 0.5) is 0 Å². The number of aliphatic hydroxyl groups excluding tert-OH is 2. The third-order valence-corrected chi connectivity index (χ3v) is 19.0. The van der Waals surface area contributed by atoms with Crippen molar-refractivity contribution in [3.63, 3.8) is 0 Å². The number of unbranched alkanes of at least 4 members (excludes halogenated alkanes) is 63. The van der Waals surface area contributed by atoms with Crippen molar-refractivity contribution in [2.75, 3.05) is 13.2 Å². The van der Waals surface area contributed by atoms with Gasteiger partial charge in [0.2, 0.25) is 5.91 Å². The molecule has 0 aromatic heterocycles. The molecule has 6 nitrogen and oxygen atoms in total. The van der Waals surface area contributed by atoms with Gasteiger partial charge in [-0.15, -0.1) is 0 Å². The van der Waals surface area contributed by atoms with Crippen molar-refractivity contribution in [1.29, 1.82) is 0 Å². The summed E-state index contributed by atoms with van der Waals surface area (Å²) in [5.41, 5.74) is 0. The third kappa shape index (κ3) is 73.3. The molecule has 1 amide bonds. The molecule has 87 heavy (non-hydrogen) atoms. The maximum atomic E-state index is 12.5. The van der Waals surface area contributed by atoms with Gasteiger partial charge in [0.1, 0.15) is 0 Å². The van der Waals surface area contributed by atoms with Crippen molar-refractivity contribution in [3.05, 3.63) is 24.3 Å². The molecule has 0 aromatic carbocycles. The SMILES string of the molecule is CCCCCCCCCCCCCCCCCCCC/C=C/C(O)C(CO)NC(=O)CCCCCCCCCCCCCCCCCCC/C=C\CCCCCCCCCCCCCCCCOC(=O)CCCCCCCCCCCCCCCCC. The summed E-state index contributed by atoms with van der Waals surface area (Å²) >= 11 is 0. The van der Waals surface area contributed by atoms with Gasteiger partial charge >= 0.3 is 5.97 Å². The van der Waals surface area contributed by atoms with Gasteiger partial charge in [-0.3, -0.25) is 9.59 Å². The van der Waals surface area contributed by atoms with E-state index in [4.69, 9.17) is 4.74 Å². The van der Waals surface area contributed by atoms with E-state index in [1.165, 1.54) is 392 Å². The number of carbonyl (C=O) groups excluding carboxylic acids is 2. The zero-order valence-corrected chi connectivity index (χ0v) is 59.3. The largest absolute Gasteiger partial charge is 0.466 e. The fourth-order valence-electron chi connectivity index (χ4n) is 12.9. The van der Waals surface area contributed by atoms with Crippen molar-refractivity contribution < 1.29 is 24.5 Å². The highest BCUT2D eigenvalue weighted by Crippen LogP contribution is 2.20. The summed E-state index contributed by atoms with van der Waals surface area (Å²) in [6.07, 6.45) is 98.8. The van der Waals surface area contributed by atoms with E-state index in [0.717, 1.165) is 38.5 Å². The Labute approximate surface area is 545 Å². The molecule has 3 N–H and O–H groups in total. The Morgan fingerprint density at radius 3 is 0.816 bits per heavy atom. The lowest BCUT2D eigenvalue weighted by Crippen LogP contribution is -2.45. The van der Waals surface area contributed by atoms with E-state index in [9.17, 15) is 19.8 Å². The van der Waals surface area contributed by atoms with Crippen LogP contribution in [-0.4, -0.2) is 47.4 Å². The Morgan fingerprint density at radius 1 is 0.310 bits per heavy atom. The Balaban J connectivity index is 3.35. The molecular formula is C81H157NO5. The average Bonchev–Trinajstić information content (AvgIpc) is 3.58. The van der Waals surface area contributed by atoms with Gasteiger partial charge in [-0.1, -0.05) is 411 Å². The Kier molecular flexibility index (Phi) is 75.3. The van der Waals surface area contributed by atoms with Crippen LogP contribution in [0, 0.1) is 0 Å². The summed E-state index contributed by atoms with van der Waals surface area (Å²) in [4.78, 5) is 24.6. The van der Waals surface area contributed by atoms with Gasteiger partial charge in [0, 0.05) is 12.8 Å². The number of hydrogen-bond acceptors (Lipinski definition) is 5. The van der Waals surface area contributed by atoms with E-state index in [0.29, 0.717) is 19.4 Å².